The highest BCUT2D eigenvalue weighted by atomic mass is 19.4. The molecule has 0 atom stereocenters. The van der Waals surface area contributed by atoms with Gasteiger partial charge in [0.05, 0.1) is 17.9 Å². The Morgan fingerprint density at radius 3 is 2.29 bits per heavy atom. The van der Waals surface area contributed by atoms with Crippen molar-refractivity contribution < 1.29 is 31.1 Å². The van der Waals surface area contributed by atoms with Gasteiger partial charge in [-0.25, -0.2) is 13.9 Å². The number of benzene rings is 1. The highest BCUT2D eigenvalue weighted by Crippen LogP contribution is 2.44. The summed E-state index contributed by atoms with van der Waals surface area (Å²) >= 11 is 0. The summed E-state index contributed by atoms with van der Waals surface area (Å²) in [5.74, 6) is -6.76. The lowest BCUT2D eigenvalue weighted by molar-refractivity contribution is -0.291. The van der Waals surface area contributed by atoms with Crippen LogP contribution in [0.5, 0.6) is 0 Å². The monoisotopic (exact) mass is 482 g/mol. The molecule has 0 saturated carbocycles. The summed E-state index contributed by atoms with van der Waals surface area (Å²) in [7, 11) is 1.70. The fourth-order valence-corrected chi connectivity index (χ4v) is 3.21. The molecule has 34 heavy (non-hydrogen) atoms. The smallest absolute Gasteiger partial charge is 0.345 e. The number of nitrogens with one attached hydrogen (secondary N) is 1. The molecule has 1 aromatic carbocycles. The van der Waals surface area contributed by atoms with Gasteiger partial charge in [0, 0.05) is 24.4 Å². The molecule has 0 aliphatic heterocycles. The first kappa shape index (κ1) is 23.3. The van der Waals surface area contributed by atoms with Crippen molar-refractivity contribution in [2.24, 2.45) is 7.05 Å². The second-order valence-corrected chi connectivity index (χ2v) is 7.49. The largest absolute Gasteiger partial charge is 0.459 e. The zero-order valence-corrected chi connectivity index (χ0v) is 17.7. The summed E-state index contributed by atoms with van der Waals surface area (Å²) in [5.41, 5.74) is -1.21. The van der Waals surface area contributed by atoms with E-state index in [0.717, 1.165) is 23.9 Å². The van der Waals surface area contributed by atoms with Crippen LogP contribution >= 0.6 is 0 Å². The summed E-state index contributed by atoms with van der Waals surface area (Å²) in [6.07, 6.45) is -5.94. The molecule has 0 bridgehead atoms. The number of alkyl halides is 5. The number of aryl methyl sites for hydroxylation is 2. The van der Waals surface area contributed by atoms with Gasteiger partial charge in [0.25, 0.3) is 5.91 Å². The topological polar surface area (TPSA) is 77.1 Å². The second-order valence-electron chi connectivity index (χ2n) is 7.49. The molecule has 178 valence electrons. The zero-order valence-electron chi connectivity index (χ0n) is 17.7. The Morgan fingerprint density at radius 2 is 1.71 bits per heavy atom. The Kier molecular flexibility index (Phi) is 5.58. The van der Waals surface area contributed by atoms with Gasteiger partial charge in [-0.1, -0.05) is 0 Å². The highest BCUT2D eigenvalue weighted by molar-refractivity contribution is 5.93. The van der Waals surface area contributed by atoms with E-state index in [-0.39, 0.29) is 22.3 Å². The predicted molar refractivity (Wildman–Crippen MR) is 107 cm³/mol. The molecule has 7 nitrogen and oxygen atoms in total. The number of hydrogen-bond acceptors (Lipinski definition) is 4. The normalized spacial score (nSPS) is 12.4. The SMILES string of the molecule is Cc1cc(CNC(=O)c2cc3nc(-c4ccc(F)cc4)cc(C(F)(F)C(F)(F)F)n3n2)nn1C. The highest BCUT2D eigenvalue weighted by Gasteiger charge is 2.60. The molecule has 4 rings (SSSR count). The maximum atomic E-state index is 14.4. The van der Waals surface area contributed by atoms with Gasteiger partial charge < -0.3 is 5.32 Å². The first-order valence-electron chi connectivity index (χ1n) is 9.76. The summed E-state index contributed by atoms with van der Waals surface area (Å²) in [6.45, 7) is 1.78. The number of carbonyl (C=O) groups is 1. The molecule has 4 aromatic rings. The number of aromatic nitrogens is 5. The summed E-state index contributed by atoms with van der Waals surface area (Å²) in [4.78, 5) is 16.6. The van der Waals surface area contributed by atoms with Gasteiger partial charge in [0.1, 0.15) is 11.5 Å². The minimum absolute atomic E-state index is 0.0196. The van der Waals surface area contributed by atoms with Crippen molar-refractivity contribution in [3.8, 4) is 11.3 Å². The molecule has 0 saturated heterocycles. The number of amides is 1. The maximum Gasteiger partial charge on any atom is 0.459 e. The van der Waals surface area contributed by atoms with Crippen molar-refractivity contribution >= 4 is 11.6 Å². The van der Waals surface area contributed by atoms with Crippen LogP contribution in [0, 0.1) is 12.7 Å². The van der Waals surface area contributed by atoms with Crippen LogP contribution in [0.3, 0.4) is 0 Å². The Bertz CT molecular complexity index is 1350. The van der Waals surface area contributed by atoms with Crippen molar-refractivity contribution in [2.75, 3.05) is 0 Å². The lowest BCUT2D eigenvalue weighted by atomic mass is 10.1. The Morgan fingerprint density at radius 1 is 1.03 bits per heavy atom. The van der Waals surface area contributed by atoms with E-state index >= 15 is 0 Å². The minimum Gasteiger partial charge on any atom is -0.345 e. The summed E-state index contributed by atoms with van der Waals surface area (Å²) in [6, 6.07) is 7.60. The van der Waals surface area contributed by atoms with Crippen LogP contribution in [0.4, 0.5) is 26.3 Å². The zero-order chi connectivity index (χ0) is 24.8. The van der Waals surface area contributed by atoms with Crippen molar-refractivity contribution in [1.29, 1.82) is 0 Å². The van der Waals surface area contributed by atoms with Crippen LogP contribution in [0.25, 0.3) is 16.9 Å². The van der Waals surface area contributed by atoms with Crippen LogP contribution in [-0.2, 0) is 19.5 Å². The van der Waals surface area contributed by atoms with Crippen LogP contribution in [0.1, 0.15) is 27.6 Å². The van der Waals surface area contributed by atoms with Gasteiger partial charge in [-0.3, -0.25) is 9.48 Å². The lowest BCUT2D eigenvalue weighted by Gasteiger charge is -2.21. The fourth-order valence-electron chi connectivity index (χ4n) is 3.21. The molecule has 0 aliphatic carbocycles. The number of nitrogens with zero attached hydrogens (tertiary/aromatic N) is 5. The molecule has 1 N–H and O–H groups in total. The lowest BCUT2D eigenvalue weighted by Crippen LogP contribution is -2.36. The maximum absolute atomic E-state index is 14.4. The van der Waals surface area contributed by atoms with Crippen LogP contribution in [0.15, 0.2) is 42.5 Å². The van der Waals surface area contributed by atoms with E-state index in [4.69, 9.17) is 0 Å². The van der Waals surface area contributed by atoms with E-state index in [1.165, 1.54) is 12.1 Å². The Hall–Kier alpha value is -3.90. The molecule has 3 aromatic heterocycles. The first-order valence-corrected chi connectivity index (χ1v) is 9.76. The van der Waals surface area contributed by atoms with Gasteiger partial charge in [-0.2, -0.15) is 32.1 Å². The molecule has 0 fully saturated rings. The van der Waals surface area contributed by atoms with E-state index in [0.29, 0.717) is 11.8 Å². The third-order valence-electron chi connectivity index (χ3n) is 5.07. The fraction of sp³-hybridized carbons (Fsp3) is 0.238. The molecule has 3 heterocycles. The van der Waals surface area contributed by atoms with E-state index in [2.05, 4.69) is 20.5 Å². The van der Waals surface area contributed by atoms with Gasteiger partial charge in [-0.05, 0) is 43.3 Å². The molecular formula is C21H16F6N6O. The van der Waals surface area contributed by atoms with Gasteiger partial charge >= 0.3 is 12.1 Å². The Balaban J connectivity index is 1.76. The average Bonchev–Trinajstić information content (AvgIpc) is 3.33. The summed E-state index contributed by atoms with van der Waals surface area (Å²) in [5, 5.41) is 10.3. The van der Waals surface area contributed by atoms with E-state index in [9.17, 15) is 31.1 Å². The molecule has 0 radical (unpaired) electrons. The quantitative estimate of drug-likeness (QED) is 0.434. The van der Waals surface area contributed by atoms with Crippen LogP contribution in [-0.4, -0.2) is 36.5 Å². The molecule has 0 spiro atoms. The first-order chi connectivity index (χ1) is 15.9. The number of carbonyl (C=O) groups excluding carboxylic acids is 1. The van der Waals surface area contributed by atoms with Crippen molar-refractivity contribution in [3.63, 3.8) is 0 Å². The van der Waals surface area contributed by atoms with Crippen molar-refractivity contribution in [1.82, 2.24) is 29.7 Å². The van der Waals surface area contributed by atoms with E-state index < -0.39 is 40.9 Å². The third kappa shape index (κ3) is 4.20. The van der Waals surface area contributed by atoms with Gasteiger partial charge in [0.15, 0.2) is 11.3 Å². The van der Waals surface area contributed by atoms with E-state index in [1.807, 2.05) is 0 Å². The number of hydrogen-bond donors (Lipinski definition) is 1. The number of fused-ring (bicyclic) bond motifs is 1. The molecular weight excluding hydrogens is 466 g/mol. The van der Waals surface area contributed by atoms with Crippen LogP contribution in [0.2, 0.25) is 0 Å². The van der Waals surface area contributed by atoms with Crippen molar-refractivity contribution in [3.05, 3.63) is 71.1 Å². The summed E-state index contributed by atoms with van der Waals surface area (Å²) < 4.78 is 83.5. The van der Waals surface area contributed by atoms with Gasteiger partial charge in [0.2, 0.25) is 0 Å². The predicted octanol–water partition coefficient (Wildman–Crippen LogP) is 4.16. The molecule has 1 amide bonds. The van der Waals surface area contributed by atoms with Crippen molar-refractivity contribution in [2.45, 2.75) is 25.6 Å². The van der Waals surface area contributed by atoms with E-state index in [1.54, 1.807) is 24.7 Å². The minimum atomic E-state index is -5.94. The van der Waals surface area contributed by atoms with Gasteiger partial charge in [-0.15, -0.1) is 0 Å². The third-order valence-corrected chi connectivity index (χ3v) is 5.07. The second kappa shape index (κ2) is 8.15. The number of rotatable bonds is 5. The average molecular weight is 482 g/mol. The van der Waals surface area contributed by atoms with Crippen LogP contribution < -0.4 is 5.32 Å². The number of halogens is 6. The standard InChI is InChI=1S/C21H16F6N6O/c1-11-7-14(30-32(11)2)10-28-19(34)16-9-18-29-15(12-3-5-13(22)6-4-12)8-17(33(18)31-16)20(23,24)21(25,26)27/h3-9H,10H2,1-2H3,(H,28,34). The molecule has 13 heteroatoms. The Labute approximate surface area is 188 Å². The molecule has 0 unspecified atom stereocenters. The molecule has 0 aliphatic rings.